The minimum Gasteiger partial charge on any atom is -0.397 e. The molecule has 1 aromatic rings. The minimum atomic E-state index is -0.177. The lowest BCUT2D eigenvalue weighted by atomic mass is 9.87. The summed E-state index contributed by atoms with van der Waals surface area (Å²) in [6.07, 6.45) is 4.69. The van der Waals surface area contributed by atoms with Crippen LogP contribution >= 0.6 is 23.2 Å². The maximum atomic E-state index is 12.2. The molecule has 0 unspecified atom stereocenters. The number of nitrogen functional groups attached to an aromatic ring is 1. The van der Waals surface area contributed by atoms with Crippen molar-refractivity contribution >= 4 is 34.8 Å². The van der Waals surface area contributed by atoms with Crippen LogP contribution in [-0.4, -0.2) is 12.5 Å². The fraction of sp³-hybridized carbons (Fsp3) is 0.562. The van der Waals surface area contributed by atoms with Gasteiger partial charge in [-0.2, -0.15) is 0 Å². The first-order valence-corrected chi connectivity index (χ1v) is 8.05. The Kier molecular flexibility index (Phi) is 6.82. The second kappa shape index (κ2) is 7.90. The summed E-state index contributed by atoms with van der Waals surface area (Å²) >= 11 is 11.8. The summed E-state index contributed by atoms with van der Waals surface area (Å²) in [6.45, 7) is 7.12. The zero-order valence-corrected chi connectivity index (χ0v) is 14.4. The molecule has 1 aromatic carbocycles. The van der Waals surface area contributed by atoms with E-state index in [-0.39, 0.29) is 16.3 Å². The average Bonchev–Trinajstić information content (AvgIpc) is 2.42. The third kappa shape index (κ3) is 5.76. The van der Waals surface area contributed by atoms with Crippen LogP contribution < -0.4 is 11.1 Å². The van der Waals surface area contributed by atoms with Crippen LogP contribution in [0.15, 0.2) is 12.1 Å². The van der Waals surface area contributed by atoms with Gasteiger partial charge in [-0.15, -0.1) is 0 Å². The lowest BCUT2D eigenvalue weighted by molar-refractivity contribution is 0.0934. The van der Waals surface area contributed by atoms with Gasteiger partial charge >= 0.3 is 0 Å². The van der Waals surface area contributed by atoms with Crippen molar-refractivity contribution in [3.8, 4) is 0 Å². The summed E-state index contributed by atoms with van der Waals surface area (Å²) in [5, 5.41) is 3.52. The first-order valence-electron chi connectivity index (χ1n) is 7.29. The van der Waals surface area contributed by atoms with Crippen LogP contribution in [-0.2, 0) is 0 Å². The van der Waals surface area contributed by atoms with Crippen LogP contribution in [0, 0.1) is 5.41 Å². The summed E-state index contributed by atoms with van der Waals surface area (Å²) < 4.78 is 0. The highest BCUT2D eigenvalue weighted by molar-refractivity contribution is 6.43. The molecule has 118 valence electrons. The van der Waals surface area contributed by atoms with Gasteiger partial charge in [0.25, 0.3) is 5.91 Å². The summed E-state index contributed by atoms with van der Waals surface area (Å²) in [5.41, 5.74) is 6.55. The standard InChI is InChI=1S/C16H24Cl2N2O/c1-4-5-6-7-16(2,3)10-20-15(21)11-8-12(17)14(18)13(19)9-11/h8-9H,4-7,10,19H2,1-3H3,(H,20,21). The number of amides is 1. The van der Waals surface area contributed by atoms with Crippen molar-refractivity contribution in [1.29, 1.82) is 0 Å². The van der Waals surface area contributed by atoms with Crippen LogP contribution in [0.2, 0.25) is 10.0 Å². The molecule has 0 aliphatic carbocycles. The molecular weight excluding hydrogens is 307 g/mol. The largest absolute Gasteiger partial charge is 0.397 e. The first kappa shape index (κ1) is 18.1. The van der Waals surface area contributed by atoms with E-state index >= 15 is 0 Å². The van der Waals surface area contributed by atoms with E-state index < -0.39 is 0 Å². The Balaban J connectivity index is 2.61. The first-order chi connectivity index (χ1) is 9.76. The number of halogens is 2. The molecule has 0 atom stereocenters. The number of carbonyl (C=O) groups excluding carboxylic acids is 1. The van der Waals surface area contributed by atoms with E-state index in [1.165, 1.54) is 19.3 Å². The molecule has 0 radical (unpaired) electrons. The van der Waals surface area contributed by atoms with Gasteiger partial charge in [0.15, 0.2) is 0 Å². The number of carbonyl (C=O) groups is 1. The number of rotatable bonds is 7. The van der Waals surface area contributed by atoms with Crippen molar-refractivity contribution in [2.45, 2.75) is 46.5 Å². The molecule has 0 fully saturated rings. The van der Waals surface area contributed by atoms with E-state index in [2.05, 4.69) is 26.1 Å². The van der Waals surface area contributed by atoms with Gasteiger partial charge in [0.05, 0.1) is 15.7 Å². The molecule has 0 aliphatic rings. The van der Waals surface area contributed by atoms with Crippen molar-refractivity contribution in [2.75, 3.05) is 12.3 Å². The van der Waals surface area contributed by atoms with Crippen molar-refractivity contribution < 1.29 is 4.79 Å². The van der Waals surface area contributed by atoms with Crippen LogP contribution in [0.1, 0.15) is 56.8 Å². The molecule has 5 heteroatoms. The Labute approximate surface area is 137 Å². The number of hydrogen-bond donors (Lipinski definition) is 2. The molecule has 3 nitrogen and oxygen atoms in total. The second-order valence-corrected chi connectivity index (χ2v) is 6.95. The number of nitrogens with one attached hydrogen (secondary N) is 1. The van der Waals surface area contributed by atoms with E-state index in [4.69, 9.17) is 28.9 Å². The van der Waals surface area contributed by atoms with E-state index in [9.17, 15) is 4.79 Å². The van der Waals surface area contributed by atoms with Gasteiger partial charge in [-0.1, -0.05) is 63.2 Å². The van der Waals surface area contributed by atoms with Gasteiger partial charge in [0.1, 0.15) is 0 Å². The van der Waals surface area contributed by atoms with Crippen LogP contribution in [0.25, 0.3) is 0 Å². The number of anilines is 1. The summed E-state index contributed by atoms with van der Waals surface area (Å²) in [4.78, 5) is 12.2. The quantitative estimate of drug-likeness (QED) is 0.551. The number of nitrogens with two attached hydrogens (primary N) is 1. The van der Waals surface area contributed by atoms with Gasteiger partial charge < -0.3 is 11.1 Å². The highest BCUT2D eigenvalue weighted by atomic mass is 35.5. The molecule has 3 N–H and O–H groups in total. The Bertz CT molecular complexity index is 478. The number of unbranched alkanes of at least 4 members (excludes halogenated alkanes) is 2. The molecule has 1 amide bonds. The molecule has 0 heterocycles. The van der Waals surface area contributed by atoms with Crippen LogP contribution in [0.5, 0.6) is 0 Å². The van der Waals surface area contributed by atoms with E-state index in [0.29, 0.717) is 22.8 Å². The van der Waals surface area contributed by atoms with Gasteiger partial charge in [-0.05, 0) is 24.0 Å². The molecule has 1 rings (SSSR count). The van der Waals surface area contributed by atoms with Crippen molar-refractivity contribution in [3.05, 3.63) is 27.7 Å². The average molecular weight is 331 g/mol. The smallest absolute Gasteiger partial charge is 0.251 e. The summed E-state index contributed by atoms with van der Waals surface area (Å²) in [7, 11) is 0. The Morgan fingerprint density at radius 1 is 1.29 bits per heavy atom. The van der Waals surface area contributed by atoms with Gasteiger partial charge in [-0.3, -0.25) is 4.79 Å². The van der Waals surface area contributed by atoms with Gasteiger partial charge in [0.2, 0.25) is 0 Å². The predicted molar refractivity (Wildman–Crippen MR) is 91.1 cm³/mol. The van der Waals surface area contributed by atoms with Crippen molar-refractivity contribution in [1.82, 2.24) is 5.32 Å². The summed E-state index contributed by atoms with van der Waals surface area (Å²) in [5.74, 6) is -0.177. The topological polar surface area (TPSA) is 55.1 Å². The fourth-order valence-corrected chi connectivity index (χ4v) is 2.44. The molecule has 0 aliphatic heterocycles. The lowest BCUT2D eigenvalue weighted by Crippen LogP contribution is -2.34. The summed E-state index contributed by atoms with van der Waals surface area (Å²) in [6, 6.07) is 3.09. The van der Waals surface area contributed by atoms with Crippen molar-refractivity contribution in [3.63, 3.8) is 0 Å². The Morgan fingerprint density at radius 3 is 2.52 bits per heavy atom. The molecule has 21 heavy (non-hydrogen) atoms. The molecule has 0 saturated carbocycles. The molecule has 0 spiro atoms. The fourth-order valence-electron chi connectivity index (χ4n) is 2.10. The second-order valence-electron chi connectivity index (χ2n) is 6.17. The SMILES string of the molecule is CCCCCC(C)(C)CNC(=O)c1cc(N)c(Cl)c(Cl)c1. The Hall–Kier alpha value is -0.930. The lowest BCUT2D eigenvalue weighted by Gasteiger charge is -2.25. The zero-order chi connectivity index (χ0) is 16.0. The molecule has 0 bridgehead atoms. The van der Waals surface area contributed by atoms with Crippen LogP contribution in [0.4, 0.5) is 5.69 Å². The van der Waals surface area contributed by atoms with Gasteiger partial charge in [-0.25, -0.2) is 0 Å². The highest BCUT2D eigenvalue weighted by Gasteiger charge is 2.19. The van der Waals surface area contributed by atoms with Crippen molar-refractivity contribution in [2.24, 2.45) is 5.41 Å². The zero-order valence-electron chi connectivity index (χ0n) is 12.9. The maximum Gasteiger partial charge on any atom is 0.251 e. The van der Waals surface area contributed by atoms with Crippen LogP contribution in [0.3, 0.4) is 0 Å². The van der Waals surface area contributed by atoms with E-state index in [1.807, 2.05) is 0 Å². The number of hydrogen-bond acceptors (Lipinski definition) is 2. The molecule has 0 aromatic heterocycles. The maximum absolute atomic E-state index is 12.2. The Morgan fingerprint density at radius 2 is 1.95 bits per heavy atom. The molecule has 0 saturated heterocycles. The van der Waals surface area contributed by atoms with E-state index in [0.717, 1.165) is 6.42 Å². The van der Waals surface area contributed by atoms with E-state index in [1.54, 1.807) is 12.1 Å². The molecular formula is C16H24Cl2N2O. The predicted octanol–water partition coefficient (Wildman–Crippen LogP) is 4.91. The highest BCUT2D eigenvalue weighted by Crippen LogP contribution is 2.29. The number of benzene rings is 1. The third-order valence-corrected chi connectivity index (χ3v) is 4.32. The third-order valence-electron chi connectivity index (χ3n) is 3.50. The van der Waals surface area contributed by atoms with Gasteiger partial charge in [0, 0.05) is 12.1 Å². The minimum absolute atomic E-state index is 0.0760. The monoisotopic (exact) mass is 330 g/mol. The normalized spacial score (nSPS) is 11.5.